The Kier molecular flexibility index (Phi) is 6.07. The number of hydrogen-bond acceptors (Lipinski definition) is 5. The second-order valence-electron chi connectivity index (χ2n) is 7.11. The van der Waals surface area contributed by atoms with E-state index in [-0.39, 0.29) is 17.4 Å². The molecule has 7 heteroatoms. The lowest BCUT2D eigenvalue weighted by Gasteiger charge is -2.39. The van der Waals surface area contributed by atoms with Gasteiger partial charge in [0.1, 0.15) is 0 Å². The summed E-state index contributed by atoms with van der Waals surface area (Å²) in [4.78, 5) is 31.0. The standard InChI is InChI=1S/C18H29N5O2/c1-2-3-6-21-8-10-22(11-9-21)18(25)15-5-4-7-23(14-15)16-12-17(24)20-19-13-16/h12-13,15H,2-11,14H2,1H3,(H,20,24). The van der Waals surface area contributed by atoms with Crippen molar-refractivity contribution in [3.05, 3.63) is 22.6 Å². The Morgan fingerprint density at radius 3 is 2.80 bits per heavy atom. The van der Waals surface area contributed by atoms with Crippen LogP contribution in [0.15, 0.2) is 17.1 Å². The number of piperazine rings is 1. The zero-order valence-electron chi connectivity index (χ0n) is 15.1. The normalized spacial score (nSPS) is 22.2. The van der Waals surface area contributed by atoms with Crippen LogP contribution in [0.25, 0.3) is 0 Å². The molecule has 7 nitrogen and oxygen atoms in total. The molecule has 0 bridgehead atoms. The van der Waals surface area contributed by atoms with Crippen LogP contribution in [0.3, 0.4) is 0 Å². The van der Waals surface area contributed by atoms with Crippen LogP contribution in [0.2, 0.25) is 0 Å². The largest absolute Gasteiger partial charge is 0.369 e. The Bertz CT molecular complexity index is 624. The molecule has 1 unspecified atom stereocenters. The molecule has 2 saturated heterocycles. The number of amides is 1. The molecule has 25 heavy (non-hydrogen) atoms. The predicted octanol–water partition coefficient (Wildman–Crippen LogP) is 0.931. The summed E-state index contributed by atoms with van der Waals surface area (Å²) in [5.41, 5.74) is 0.611. The van der Waals surface area contributed by atoms with E-state index >= 15 is 0 Å². The molecule has 1 aromatic rings. The first-order valence-electron chi connectivity index (χ1n) is 9.48. The van der Waals surface area contributed by atoms with Gasteiger partial charge >= 0.3 is 0 Å². The van der Waals surface area contributed by atoms with Crippen molar-refractivity contribution >= 4 is 11.6 Å². The molecule has 3 rings (SSSR count). The van der Waals surface area contributed by atoms with Gasteiger partial charge in [0.05, 0.1) is 17.8 Å². The summed E-state index contributed by atoms with van der Waals surface area (Å²) in [7, 11) is 0. The molecule has 1 atom stereocenters. The van der Waals surface area contributed by atoms with E-state index in [0.29, 0.717) is 6.54 Å². The van der Waals surface area contributed by atoms with Crippen molar-refractivity contribution < 1.29 is 4.79 Å². The van der Waals surface area contributed by atoms with Gasteiger partial charge in [0.25, 0.3) is 5.56 Å². The number of aromatic nitrogens is 2. The summed E-state index contributed by atoms with van der Waals surface area (Å²) in [6.45, 7) is 8.56. The highest BCUT2D eigenvalue weighted by Crippen LogP contribution is 2.23. The van der Waals surface area contributed by atoms with Crippen LogP contribution in [0, 0.1) is 5.92 Å². The number of H-pyrrole nitrogens is 1. The third-order valence-corrected chi connectivity index (χ3v) is 5.30. The van der Waals surface area contributed by atoms with Crippen molar-refractivity contribution in [2.24, 2.45) is 5.92 Å². The molecule has 0 spiro atoms. The zero-order valence-corrected chi connectivity index (χ0v) is 15.1. The maximum absolute atomic E-state index is 12.9. The van der Waals surface area contributed by atoms with Crippen LogP contribution in [0.5, 0.6) is 0 Å². The monoisotopic (exact) mass is 347 g/mol. The van der Waals surface area contributed by atoms with E-state index in [1.54, 1.807) is 12.3 Å². The number of rotatable bonds is 5. The Morgan fingerprint density at radius 2 is 2.08 bits per heavy atom. The van der Waals surface area contributed by atoms with Gasteiger partial charge < -0.3 is 9.80 Å². The first-order chi connectivity index (χ1) is 12.2. The molecule has 1 amide bonds. The van der Waals surface area contributed by atoms with Crippen molar-refractivity contribution in [1.29, 1.82) is 0 Å². The van der Waals surface area contributed by atoms with Crippen molar-refractivity contribution in [3.8, 4) is 0 Å². The molecule has 2 aliphatic rings. The minimum Gasteiger partial charge on any atom is -0.369 e. The van der Waals surface area contributed by atoms with Crippen LogP contribution >= 0.6 is 0 Å². The third-order valence-electron chi connectivity index (χ3n) is 5.30. The van der Waals surface area contributed by atoms with E-state index in [4.69, 9.17) is 0 Å². The minimum atomic E-state index is -0.200. The second-order valence-corrected chi connectivity index (χ2v) is 7.11. The average molecular weight is 347 g/mol. The summed E-state index contributed by atoms with van der Waals surface area (Å²) in [6, 6.07) is 1.56. The Labute approximate surface area is 149 Å². The van der Waals surface area contributed by atoms with Gasteiger partial charge in [-0.1, -0.05) is 13.3 Å². The van der Waals surface area contributed by atoms with Crippen molar-refractivity contribution in [2.45, 2.75) is 32.6 Å². The number of hydrogen-bond donors (Lipinski definition) is 1. The van der Waals surface area contributed by atoms with E-state index in [2.05, 4.69) is 26.9 Å². The summed E-state index contributed by atoms with van der Waals surface area (Å²) in [5.74, 6) is 0.299. The van der Waals surface area contributed by atoms with Gasteiger partial charge in [-0.2, -0.15) is 5.10 Å². The highest BCUT2D eigenvalue weighted by Gasteiger charge is 2.31. The summed E-state index contributed by atoms with van der Waals surface area (Å²) in [6.07, 6.45) is 6.02. The van der Waals surface area contributed by atoms with Gasteiger partial charge in [-0.15, -0.1) is 0 Å². The zero-order chi connectivity index (χ0) is 17.6. The minimum absolute atomic E-state index is 0.0234. The van der Waals surface area contributed by atoms with Gasteiger partial charge in [0, 0.05) is 45.3 Å². The number of unbranched alkanes of at least 4 members (excludes halogenated alkanes) is 1. The van der Waals surface area contributed by atoms with E-state index in [1.165, 1.54) is 12.8 Å². The fourth-order valence-corrected chi connectivity index (χ4v) is 3.78. The molecule has 3 heterocycles. The summed E-state index contributed by atoms with van der Waals surface area (Å²) in [5, 5.41) is 6.27. The van der Waals surface area contributed by atoms with Crippen molar-refractivity contribution in [1.82, 2.24) is 20.0 Å². The smallest absolute Gasteiger partial charge is 0.266 e. The van der Waals surface area contributed by atoms with Crippen LogP contribution in [-0.2, 0) is 4.79 Å². The SMILES string of the molecule is CCCCN1CCN(C(=O)C2CCCN(c3cn[nH]c(=O)c3)C2)CC1. The van der Waals surface area contributed by atoms with Crippen molar-refractivity contribution in [2.75, 3.05) is 50.7 Å². The predicted molar refractivity (Wildman–Crippen MR) is 97.7 cm³/mol. The Balaban J connectivity index is 1.55. The van der Waals surface area contributed by atoms with E-state index in [1.807, 2.05) is 4.90 Å². The van der Waals surface area contributed by atoms with Crippen LogP contribution in [0.4, 0.5) is 5.69 Å². The highest BCUT2D eigenvalue weighted by atomic mass is 16.2. The lowest BCUT2D eigenvalue weighted by atomic mass is 9.96. The molecule has 0 aliphatic carbocycles. The third kappa shape index (κ3) is 4.60. The molecule has 138 valence electrons. The van der Waals surface area contributed by atoms with E-state index < -0.39 is 0 Å². The van der Waals surface area contributed by atoms with E-state index in [9.17, 15) is 9.59 Å². The molecular weight excluding hydrogens is 318 g/mol. The Morgan fingerprint density at radius 1 is 1.28 bits per heavy atom. The molecule has 0 saturated carbocycles. The number of aromatic amines is 1. The van der Waals surface area contributed by atoms with Gasteiger partial charge in [-0.05, 0) is 25.8 Å². The highest BCUT2D eigenvalue weighted by molar-refractivity contribution is 5.80. The topological polar surface area (TPSA) is 72.5 Å². The van der Waals surface area contributed by atoms with Crippen LogP contribution in [0.1, 0.15) is 32.6 Å². The first-order valence-corrected chi connectivity index (χ1v) is 9.48. The molecular formula is C18H29N5O2. The van der Waals surface area contributed by atoms with Gasteiger partial charge in [0.2, 0.25) is 5.91 Å². The second kappa shape index (κ2) is 8.47. The molecule has 0 aromatic carbocycles. The average Bonchev–Trinajstić information content (AvgIpc) is 2.66. The first kappa shape index (κ1) is 17.9. The number of nitrogens with one attached hydrogen (secondary N) is 1. The number of piperidine rings is 1. The summed E-state index contributed by atoms with van der Waals surface area (Å²) >= 11 is 0. The lowest BCUT2D eigenvalue weighted by molar-refractivity contribution is -0.137. The number of anilines is 1. The fourth-order valence-electron chi connectivity index (χ4n) is 3.78. The maximum Gasteiger partial charge on any atom is 0.266 e. The lowest BCUT2D eigenvalue weighted by Crippen LogP contribution is -2.52. The van der Waals surface area contributed by atoms with Crippen LogP contribution < -0.4 is 10.5 Å². The van der Waals surface area contributed by atoms with E-state index in [0.717, 1.165) is 57.8 Å². The fraction of sp³-hybridized carbons (Fsp3) is 0.722. The van der Waals surface area contributed by atoms with Crippen molar-refractivity contribution in [3.63, 3.8) is 0 Å². The number of nitrogens with zero attached hydrogens (tertiary/aromatic N) is 4. The number of carbonyl (C=O) groups is 1. The molecule has 2 fully saturated rings. The Hall–Kier alpha value is -1.89. The number of carbonyl (C=O) groups excluding carboxylic acids is 1. The molecule has 2 aliphatic heterocycles. The van der Waals surface area contributed by atoms with Gasteiger partial charge in [-0.3, -0.25) is 14.5 Å². The molecule has 0 radical (unpaired) electrons. The van der Waals surface area contributed by atoms with Gasteiger partial charge in [0.15, 0.2) is 0 Å². The quantitative estimate of drug-likeness (QED) is 0.858. The van der Waals surface area contributed by atoms with Gasteiger partial charge in [-0.25, -0.2) is 5.10 Å². The summed E-state index contributed by atoms with van der Waals surface area (Å²) < 4.78 is 0. The molecule has 1 N–H and O–H groups in total. The molecule has 1 aromatic heterocycles. The maximum atomic E-state index is 12.9. The van der Waals surface area contributed by atoms with Crippen LogP contribution in [-0.4, -0.2) is 71.7 Å².